The molecule has 0 radical (unpaired) electrons. The second-order valence-electron chi connectivity index (χ2n) is 11.2. The van der Waals surface area contributed by atoms with E-state index in [1.165, 1.54) is 23.6 Å². The van der Waals surface area contributed by atoms with Gasteiger partial charge in [-0.3, -0.25) is 9.59 Å². The van der Waals surface area contributed by atoms with E-state index in [1.807, 2.05) is 62.7 Å². The lowest BCUT2D eigenvalue weighted by Crippen LogP contribution is -2.36. The Labute approximate surface area is 263 Å². The molecule has 45 heavy (non-hydrogen) atoms. The quantitative estimate of drug-likeness (QED) is 0.271. The number of rotatable bonds is 10. The number of aromatic nitrogens is 4. The van der Waals surface area contributed by atoms with Gasteiger partial charge in [-0.25, -0.2) is 18.1 Å². The summed E-state index contributed by atoms with van der Waals surface area (Å²) in [5.41, 5.74) is 6.03. The van der Waals surface area contributed by atoms with Crippen molar-refractivity contribution >= 4 is 32.9 Å². The van der Waals surface area contributed by atoms with Crippen molar-refractivity contribution in [3.05, 3.63) is 76.5 Å². The van der Waals surface area contributed by atoms with E-state index in [2.05, 4.69) is 25.9 Å². The molecular formula is C32H39N7O5S. The molecule has 2 aromatic carbocycles. The monoisotopic (exact) mass is 633 g/mol. The van der Waals surface area contributed by atoms with Gasteiger partial charge in [0.05, 0.1) is 18.6 Å². The first-order chi connectivity index (χ1) is 21.6. The summed E-state index contributed by atoms with van der Waals surface area (Å²) in [5.74, 6) is -0.866. The van der Waals surface area contributed by atoms with Gasteiger partial charge in [-0.1, -0.05) is 36.4 Å². The molecule has 0 saturated heterocycles. The zero-order chi connectivity index (χ0) is 32.3. The number of hydrogen-bond donors (Lipinski definition) is 2. The van der Waals surface area contributed by atoms with E-state index < -0.39 is 15.9 Å². The average Bonchev–Trinajstić information content (AvgIpc) is 3.43. The molecule has 2 N–H and O–H groups in total. The number of amides is 2. The highest BCUT2D eigenvalue weighted by atomic mass is 32.2. The molecule has 12 nitrogen and oxygen atoms in total. The number of nitrogens with one attached hydrogen (secondary N) is 2. The van der Waals surface area contributed by atoms with Crippen molar-refractivity contribution in [3.8, 4) is 5.88 Å². The van der Waals surface area contributed by atoms with Crippen LogP contribution in [0.4, 0.5) is 0 Å². The zero-order valence-electron chi connectivity index (χ0n) is 26.2. The number of sulfonamides is 1. The van der Waals surface area contributed by atoms with Crippen LogP contribution in [-0.4, -0.2) is 70.8 Å². The molecule has 1 aliphatic heterocycles. The molecule has 13 heteroatoms. The molecule has 238 valence electrons. The van der Waals surface area contributed by atoms with E-state index in [1.54, 1.807) is 6.07 Å². The largest absolute Gasteiger partial charge is 0.472 e. The van der Waals surface area contributed by atoms with Crippen molar-refractivity contribution in [2.24, 2.45) is 0 Å². The highest BCUT2D eigenvalue weighted by Crippen LogP contribution is 2.36. The van der Waals surface area contributed by atoms with Gasteiger partial charge >= 0.3 is 0 Å². The normalized spacial score (nSPS) is 16.8. The molecule has 0 aliphatic carbocycles. The number of ether oxygens (including phenoxy) is 1. The first-order valence-corrected chi connectivity index (χ1v) is 16.5. The van der Waals surface area contributed by atoms with Crippen LogP contribution >= 0.6 is 0 Å². The number of fused-ring (bicyclic) bond motifs is 2. The van der Waals surface area contributed by atoms with Crippen LogP contribution in [0, 0.1) is 13.8 Å². The van der Waals surface area contributed by atoms with Gasteiger partial charge in [-0.05, 0) is 73.2 Å². The Balaban J connectivity index is 1.55. The lowest BCUT2D eigenvalue weighted by molar-refractivity contribution is -0.126. The predicted octanol–water partition coefficient (Wildman–Crippen LogP) is 3.21. The minimum Gasteiger partial charge on any atom is -0.472 e. The van der Waals surface area contributed by atoms with Crippen molar-refractivity contribution in [3.63, 3.8) is 0 Å². The molecule has 0 bridgehead atoms. The van der Waals surface area contributed by atoms with E-state index >= 15 is 0 Å². The Morgan fingerprint density at radius 3 is 2.64 bits per heavy atom. The molecule has 2 atom stereocenters. The van der Waals surface area contributed by atoms with Crippen LogP contribution in [0.5, 0.6) is 5.88 Å². The van der Waals surface area contributed by atoms with Crippen LogP contribution in [0.1, 0.15) is 60.4 Å². The molecule has 4 aromatic rings. The van der Waals surface area contributed by atoms with Gasteiger partial charge < -0.3 is 15.4 Å². The summed E-state index contributed by atoms with van der Waals surface area (Å²) in [5, 5.41) is 13.9. The second-order valence-corrected chi connectivity index (χ2v) is 13.1. The van der Waals surface area contributed by atoms with Gasteiger partial charge in [0, 0.05) is 38.7 Å². The number of benzene rings is 2. The van der Waals surface area contributed by atoms with Gasteiger partial charge in [-0.15, -0.1) is 5.10 Å². The Bertz CT molecular complexity index is 1840. The Morgan fingerprint density at radius 2 is 1.91 bits per heavy atom. The summed E-state index contributed by atoms with van der Waals surface area (Å²) >= 11 is 0. The van der Waals surface area contributed by atoms with Crippen LogP contribution in [0.2, 0.25) is 0 Å². The van der Waals surface area contributed by atoms with Crippen molar-refractivity contribution < 1.29 is 22.7 Å². The average molecular weight is 634 g/mol. The second kappa shape index (κ2) is 13.3. The van der Waals surface area contributed by atoms with Crippen LogP contribution in [0.15, 0.2) is 53.6 Å². The molecule has 1 aliphatic rings. The summed E-state index contributed by atoms with van der Waals surface area (Å²) in [7, 11) is -2.39. The Hall–Kier alpha value is -4.36. The Kier molecular flexibility index (Phi) is 9.49. The van der Waals surface area contributed by atoms with Crippen LogP contribution in [0.25, 0.3) is 11.0 Å². The first-order valence-electron chi connectivity index (χ1n) is 15.1. The maximum atomic E-state index is 13.8. The smallest absolute Gasteiger partial charge is 0.248 e. The number of carbonyl (C=O) groups excluding carboxylic acids is 2. The van der Waals surface area contributed by atoms with Gasteiger partial charge in [0.25, 0.3) is 0 Å². The van der Waals surface area contributed by atoms with E-state index in [0.29, 0.717) is 13.0 Å². The number of aryl methyl sites for hydroxylation is 3. The minimum absolute atomic E-state index is 0.0458. The topological polar surface area (TPSA) is 148 Å². The molecule has 0 fully saturated rings. The summed E-state index contributed by atoms with van der Waals surface area (Å²) in [6, 6.07) is 13.0. The van der Waals surface area contributed by atoms with E-state index in [4.69, 9.17) is 4.74 Å². The van der Waals surface area contributed by atoms with Crippen LogP contribution in [-0.2, 0) is 32.7 Å². The fourth-order valence-electron chi connectivity index (χ4n) is 5.68. The van der Waals surface area contributed by atoms with E-state index in [0.717, 1.165) is 38.9 Å². The van der Waals surface area contributed by atoms with Crippen LogP contribution in [0.3, 0.4) is 0 Å². The van der Waals surface area contributed by atoms with Gasteiger partial charge in [0.1, 0.15) is 16.5 Å². The highest BCUT2D eigenvalue weighted by molar-refractivity contribution is 7.89. The summed E-state index contributed by atoms with van der Waals surface area (Å²) in [6.45, 7) is 8.70. The lowest BCUT2D eigenvalue weighted by atomic mass is 9.84. The van der Waals surface area contributed by atoms with Crippen molar-refractivity contribution in [1.29, 1.82) is 0 Å². The third-order valence-electron chi connectivity index (χ3n) is 8.39. The molecule has 0 spiro atoms. The molecule has 0 saturated carbocycles. The highest BCUT2D eigenvalue weighted by Gasteiger charge is 2.35. The zero-order valence-corrected chi connectivity index (χ0v) is 27.0. The van der Waals surface area contributed by atoms with Crippen LogP contribution < -0.4 is 15.4 Å². The standard InChI is InChI=1S/C32H39N7O5S/c1-6-24-19-38(45(42,43)28-9-8-14-34-32(28)44-24)18-23-15-22(11-10-20(23)3)26(16-29(40)35-17-30(41)33-5)25-12-13-27-31(21(25)4)36-37-39(27)7-2/h8-15,24,26H,6-7,16-19H2,1-5H3,(H,33,41)(H,35,40)/t24-,26+/m1/s1. The summed E-state index contributed by atoms with van der Waals surface area (Å²) in [6.07, 6.45) is 1.85. The van der Waals surface area contributed by atoms with Gasteiger partial charge in [-0.2, -0.15) is 4.31 Å². The number of carbonyl (C=O) groups is 2. The number of likely N-dealkylation sites (N-methyl/N-ethyl adjacent to an activating group) is 1. The lowest BCUT2D eigenvalue weighted by Gasteiger charge is -2.25. The van der Waals surface area contributed by atoms with Crippen molar-refractivity contribution in [2.75, 3.05) is 20.1 Å². The number of pyridine rings is 1. The summed E-state index contributed by atoms with van der Waals surface area (Å²) < 4.78 is 36.9. The van der Waals surface area contributed by atoms with Gasteiger partial charge in [0.15, 0.2) is 0 Å². The number of nitrogens with zero attached hydrogens (tertiary/aromatic N) is 5. The Morgan fingerprint density at radius 1 is 1.11 bits per heavy atom. The van der Waals surface area contributed by atoms with Crippen molar-refractivity contribution in [1.82, 2.24) is 34.9 Å². The summed E-state index contributed by atoms with van der Waals surface area (Å²) in [4.78, 5) is 29.3. The van der Waals surface area contributed by atoms with Crippen molar-refractivity contribution in [2.45, 2.75) is 70.5 Å². The fraction of sp³-hybridized carbons (Fsp3) is 0.406. The van der Waals surface area contributed by atoms with E-state index in [-0.39, 0.29) is 54.7 Å². The number of hydrogen-bond acceptors (Lipinski definition) is 8. The van der Waals surface area contributed by atoms with Gasteiger partial charge in [0.2, 0.25) is 27.7 Å². The van der Waals surface area contributed by atoms with E-state index in [9.17, 15) is 18.0 Å². The predicted molar refractivity (Wildman–Crippen MR) is 169 cm³/mol. The third kappa shape index (κ3) is 6.54. The molecule has 3 heterocycles. The first kappa shape index (κ1) is 32.0. The molecule has 2 amide bonds. The maximum absolute atomic E-state index is 13.8. The molecule has 5 rings (SSSR count). The third-order valence-corrected chi connectivity index (χ3v) is 10.2. The fourth-order valence-corrected chi connectivity index (χ4v) is 7.20. The molecular weight excluding hydrogens is 594 g/mol. The SMILES string of the molecule is CC[C@@H]1CN(Cc2cc([C@H](CC(=O)NCC(=O)NC)c3ccc4c(nnn4CC)c3C)ccc2C)S(=O)(=O)c2cccnc2O1. The molecule has 0 unspecified atom stereocenters. The minimum atomic E-state index is -3.90. The maximum Gasteiger partial charge on any atom is 0.248 e. The molecule has 2 aromatic heterocycles.